The maximum atomic E-state index is 12.2. The molecular formula is C13H19NO5S. The quantitative estimate of drug-likeness (QED) is 0.838. The highest BCUT2D eigenvalue weighted by atomic mass is 32.2. The normalized spacial score (nSPS) is 16.1. The van der Waals surface area contributed by atoms with E-state index in [1.54, 1.807) is 0 Å². The summed E-state index contributed by atoms with van der Waals surface area (Å²) in [6.45, 7) is 3.24. The Labute approximate surface area is 118 Å². The van der Waals surface area contributed by atoms with E-state index in [-0.39, 0.29) is 22.0 Å². The molecule has 0 amide bonds. The summed E-state index contributed by atoms with van der Waals surface area (Å²) in [5, 5.41) is 9.13. The van der Waals surface area contributed by atoms with Crippen LogP contribution in [-0.4, -0.2) is 26.0 Å². The van der Waals surface area contributed by atoms with Crippen LogP contribution >= 0.6 is 0 Å². The third-order valence-corrected chi connectivity index (χ3v) is 5.37. The molecule has 6 nitrogen and oxygen atoms in total. The van der Waals surface area contributed by atoms with E-state index in [9.17, 15) is 13.2 Å². The third kappa shape index (κ3) is 2.88. The van der Waals surface area contributed by atoms with Gasteiger partial charge in [0.1, 0.15) is 22.0 Å². The molecule has 1 heterocycles. The topological polar surface area (TPSA) is 96.6 Å². The van der Waals surface area contributed by atoms with E-state index < -0.39 is 16.0 Å². The smallest absolute Gasteiger partial charge is 0.340 e. The summed E-state index contributed by atoms with van der Waals surface area (Å²) in [6, 6.07) is 0. The van der Waals surface area contributed by atoms with Crippen molar-refractivity contribution in [3.05, 3.63) is 17.1 Å². The lowest BCUT2D eigenvalue weighted by molar-refractivity contribution is 0.0691. The van der Waals surface area contributed by atoms with Gasteiger partial charge in [0.05, 0.1) is 0 Å². The molecule has 1 fully saturated rings. The molecule has 112 valence electrons. The van der Waals surface area contributed by atoms with Gasteiger partial charge in [-0.1, -0.05) is 19.3 Å². The maximum absolute atomic E-state index is 12.2. The molecule has 0 bridgehead atoms. The molecule has 0 aromatic carbocycles. The van der Waals surface area contributed by atoms with Gasteiger partial charge in [-0.25, -0.2) is 17.9 Å². The van der Waals surface area contributed by atoms with Crippen LogP contribution in [0.1, 0.15) is 47.6 Å². The van der Waals surface area contributed by atoms with Crippen LogP contribution in [0.25, 0.3) is 0 Å². The van der Waals surface area contributed by atoms with Crippen molar-refractivity contribution in [1.29, 1.82) is 0 Å². The van der Waals surface area contributed by atoms with Crippen molar-refractivity contribution in [1.82, 2.24) is 4.72 Å². The Bertz CT molecular complexity index is 613. The van der Waals surface area contributed by atoms with Crippen molar-refractivity contribution in [2.24, 2.45) is 5.92 Å². The Morgan fingerprint density at radius 3 is 2.50 bits per heavy atom. The van der Waals surface area contributed by atoms with Gasteiger partial charge in [0.15, 0.2) is 0 Å². The average molecular weight is 301 g/mol. The zero-order valence-electron chi connectivity index (χ0n) is 11.6. The average Bonchev–Trinajstić information content (AvgIpc) is 2.58. The van der Waals surface area contributed by atoms with E-state index >= 15 is 0 Å². The summed E-state index contributed by atoms with van der Waals surface area (Å²) in [7, 11) is -3.85. The minimum Gasteiger partial charge on any atom is -0.478 e. The molecule has 1 aliphatic rings. The van der Waals surface area contributed by atoms with Gasteiger partial charge < -0.3 is 9.52 Å². The van der Waals surface area contributed by atoms with Crippen molar-refractivity contribution in [2.75, 3.05) is 6.54 Å². The molecule has 1 aliphatic carbocycles. The highest BCUT2D eigenvalue weighted by Crippen LogP contribution is 2.29. The number of carboxylic acids is 1. The van der Waals surface area contributed by atoms with Crippen LogP contribution < -0.4 is 4.72 Å². The highest BCUT2D eigenvalue weighted by molar-refractivity contribution is 7.89. The fourth-order valence-electron chi connectivity index (χ4n) is 2.49. The molecule has 2 N–H and O–H groups in total. The number of aryl methyl sites for hydroxylation is 2. The van der Waals surface area contributed by atoms with Crippen LogP contribution in [0.15, 0.2) is 9.31 Å². The van der Waals surface area contributed by atoms with Crippen LogP contribution in [-0.2, 0) is 10.0 Å². The standard InChI is InChI=1S/C13H19NO5S/c1-8-11(13(15)16)12(9(2)19-8)20(17,18)14-7-6-10-4-3-5-10/h10,14H,3-7H2,1-2H3,(H,15,16). The molecule has 0 radical (unpaired) electrons. The predicted octanol–water partition coefficient (Wildman–Crippen LogP) is 2.06. The number of sulfonamides is 1. The Kier molecular flexibility index (Phi) is 4.19. The maximum Gasteiger partial charge on any atom is 0.340 e. The number of carbonyl (C=O) groups is 1. The SMILES string of the molecule is Cc1oc(C)c(S(=O)(=O)NCCC2CCC2)c1C(=O)O. The molecule has 0 unspecified atom stereocenters. The lowest BCUT2D eigenvalue weighted by Gasteiger charge is -2.25. The summed E-state index contributed by atoms with van der Waals surface area (Å²) < 4.78 is 32.1. The van der Waals surface area contributed by atoms with Gasteiger partial charge >= 0.3 is 5.97 Å². The minimum absolute atomic E-state index is 0.106. The van der Waals surface area contributed by atoms with Crippen molar-refractivity contribution in [2.45, 2.75) is 44.4 Å². The van der Waals surface area contributed by atoms with Gasteiger partial charge in [-0.15, -0.1) is 0 Å². The summed E-state index contributed by atoms with van der Waals surface area (Å²) in [6.07, 6.45) is 4.29. The monoisotopic (exact) mass is 301 g/mol. The van der Waals surface area contributed by atoms with E-state index in [1.807, 2.05) is 0 Å². The zero-order chi connectivity index (χ0) is 14.9. The van der Waals surface area contributed by atoms with Gasteiger partial charge in [0.2, 0.25) is 10.0 Å². The molecule has 0 atom stereocenters. The second kappa shape index (κ2) is 5.57. The van der Waals surface area contributed by atoms with Gasteiger partial charge in [-0.3, -0.25) is 0 Å². The van der Waals surface area contributed by atoms with Crippen LogP contribution in [0.4, 0.5) is 0 Å². The second-order valence-corrected chi connectivity index (χ2v) is 6.91. The summed E-state index contributed by atoms with van der Waals surface area (Å²) in [5.74, 6) is -0.493. The van der Waals surface area contributed by atoms with E-state index in [0.29, 0.717) is 12.5 Å². The number of hydrogen-bond acceptors (Lipinski definition) is 4. The number of rotatable bonds is 6. The number of aromatic carboxylic acids is 1. The van der Waals surface area contributed by atoms with Crippen LogP contribution in [0.3, 0.4) is 0 Å². The van der Waals surface area contributed by atoms with E-state index in [4.69, 9.17) is 9.52 Å². The number of hydrogen-bond donors (Lipinski definition) is 2. The molecule has 0 spiro atoms. The van der Waals surface area contributed by atoms with E-state index in [2.05, 4.69) is 4.72 Å². The molecule has 0 saturated heterocycles. The van der Waals surface area contributed by atoms with Gasteiger partial charge in [-0.05, 0) is 26.2 Å². The number of carboxylic acid groups (broad SMARTS) is 1. The first-order chi connectivity index (χ1) is 9.33. The number of nitrogens with one attached hydrogen (secondary N) is 1. The highest BCUT2D eigenvalue weighted by Gasteiger charge is 2.30. The summed E-state index contributed by atoms with van der Waals surface area (Å²) >= 11 is 0. The Morgan fingerprint density at radius 2 is 2.00 bits per heavy atom. The van der Waals surface area contributed by atoms with E-state index in [0.717, 1.165) is 19.3 Å². The van der Waals surface area contributed by atoms with E-state index in [1.165, 1.54) is 20.3 Å². The molecule has 20 heavy (non-hydrogen) atoms. The third-order valence-electron chi connectivity index (χ3n) is 3.76. The van der Waals surface area contributed by atoms with Crippen molar-refractivity contribution in [3.63, 3.8) is 0 Å². The van der Waals surface area contributed by atoms with Crippen LogP contribution in [0.5, 0.6) is 0 Å². The van der Waals surface area contributed by atoms with Crippen molar-refractivity contribution >= 4 is 16.0 Å². The molecular weight excluding hydrogens is 282 g/mol. The van der Waals surface area contributed by atoms with Crippen molar-refractivity contribution < 1.29 is 22.7 Å². The lowest BCUT2D eigenvalue weighted by atomic mass is 9.83. The molecule has 0 aliphatic heterocycles. The Morgan fingerprint density at radius 1 is 1.35 bits per heavy atom. The molecule has 1 aromatic rings. The molecule has 7 heteroatoms. The Hall–Kier alpha value is -1.34. The van der Waals surface area contributed by atoms with Crippen LogP contribution in [0.2, 0.25) is 0 Å². The first-order valence-corrected chi connectivity index (χ1v) is 8.14. The fraction of sp³-hybridized carbons (Fsp3) is 0.615. The van der Waals surface area contributed by atoms with Crippen molar-refractivity contribution in [3.8, 4) is 0 Å². The van der Waals surface area contributed by atoms with Gasteiger partial charge in [-0.2, -0.15) is 0 Å². The van der Waals surface area contributed by atoms with Gasteiger partial charge in [0.25, 0.3) is 0 Å². The first-order valence-electron chi connectivity index (χ1n) is 6.66. The molecule has 2 rings (SSSR count). The molecule has 1 saturated carbocycles. The second-order valence-electron chi connectivity index (χ2n) is 5.21. The predicted molar refractivity (Wildman–Crippen MR) is 72.3 cm³/mol. The van der Waals surface area contributed by atoms with Crippen LogP contribution in [0, 0.1) is 19.8 Å². The number of furan rings is 1. The lowest BCUT2D eigenvalue weighted by Crippen LogP contribution is -2.29. The Balaban J connectivity index is 2.17. The first kappa shape index (κ1) is 15.1. The minimum atomic E-state index is -3.85. The zero-order valence-corrected chi connectivity index (χ0v) is 12.4. The largest absolute Gasteiger partial charge is 0.478 e. The fourth-order valence-corrected chi connectivity index (χ4v) is 3.94. The molecule has 1 aromatic heterocycles. The van der Waals surface area contributed by atoms with Gasteiger partial charge in [0, 0.05) is 6.54 Å². The summed E-state index contributed by atoms with van der Waals surface area (Å²) in [5.41, 5.74) is -0.279. The summed E-state index contributed by atoms with van der Waals surface area (Å²) in [4.78, 5) is 10.9.